The third-order valence-corrected chi connectivity index (χ3v) is 5.33. The van der Waals surface area contributed by atoms with Gasteiger partial charge in [0, 0.05) is 9.40 Å². The van der Waals surface area contributed by atoms with Crippen molar-refractivity contribution in [2.24, 2.45) is 0 Å². The monoisotopic (exact) mass is 310 g/mol. The molecule has 0 fully saturated rings. The average Bonchev–Trinajstić information content (AvgIpc) is 3.22. The van der Waals surface area contributed by atoms with Crippen LogP contribution in [0.4, 0.5) is 0 Å². The number of para-hydroxylation sites is 1. The van der Waals surface area contributed by atoms with E-state index in [0.29, 0.717) is 5.69 Å². The average molecular weight is 310 g/mol. The van der Waals surface area contributed by atoms with Crippen LogP contribution < -0.4 is 0 Å². The van der Waals surface area contributed by atoms with Gasteiger partial charge in [-0.2, -0.15) is 5.10 Å². The molecule has 3 aromatic heterocycles. The number of fused-ring (bicyclic) bond motifs is 1. The van der Waals surface area contributed by atoms with E-state index < -0.39 is 0 Å². The van der Waals surface area contributed by atoms with Crippen LogP contribution in [0.5, 0.6) is 0 Å². The number of thiophene rings is 2. The number of carbonyl (C=O) groups is 1. The molecule has 102 valence electrons. The van der Waals surface area contributed by atoms with Gasteiger partial charge < -0.3 is 0 Å². The van der Waals surface area contributed by atoms with E-state index in [1.54, 1.807) is 28.3 Å². The molecule has 0 saturated heterocycles. The Balaban J connectivity index is 1.79. The highest BCUT2D eigenvalue weighted by Crippen LogP contribution is 2.31. The van der Waals surface area contributed by atoms with E-state index in [0.717, 1.165) is 20.0 Å². The molecule has 3 heterocycles. The van der Waals surface area contributed by atoms with Crippen LogP contribution in [0.1, 0.15) is 15.4 Å². The molecule has 0 spiro atoms. The van der Waals surface area contributed by atoms with E-state index in [9.17, 15) is 4.79 Å². The minimum absolute atomic E-state index is 0.0183. The second-order valence-corrected chi connectivity index (χ2v) is 6.58. The van der Waals surface area contributed by atoms with Gasteiger partial charge in [0.2, 0.25) is 5.78 Å². The molecule has 4 rings (SSSR count). The summed E-state index contributed by atoms with van der Waals surface area (Å²) in [7, 11) is 0. The standard InChI is InChI=1S/C16H10N2OS2/c19-16(15-10-14-13(21-15)7-9-20-14)12-6-8-17-18(12)11-4-2-1-3-5-11/h1-10H. The molecule has 0 N–H and O–H groups in total. The summed E-state index contributed by atoms with van der Waals surface area (Å²) >= 11 is 3.19. The van der Waals surface area contributed by atoms with Crippen molar-refractivity contribution >= 4 is 37.9 Å². The Kier molecular flexibility index (Phi) is 2.94. The summed E-state index contributed by atoms with van der Waals surface area (Å²) in [5.74, 6) is 0.0183. The van der Waals surface area contributed by atoms with Gasteiger partial charge in [-0.1, -0.05) is 18.2 Å². The number of aromatic nitrogens is 2. The van der Waals surface area contributed by atoms with Crippen LogP contribution in [-0.2, 0) is 0 Å². The second-order valence-electron chi connectivity index (χ2n) is 4.55. The summed E-state index contributed by atoms with van der Waals surface area (Å²) in [6.45, 7) is 0. The zero-order valence-electron chi connectivity index (χ0n) is 10.9. The van der Waals surface area contributed by atoms with Crippen LogP contribution in [0, 0.1) is 0 Å². The van der Waals surface area contributed by atoms with Crippen LogP contribution in [0.15, 0.2) is 60.1 Å². The highest BCUT2D eigenvalue weighted by molar-refractivity contribution is 7.28. The highest BCUT2D eigenvalue weighted by Gasteiger charge is 2.18. The molecule has 0 aliphatic heterocycles. The first-order valence-corrected chi connectivity index (χ1v) is 8.14. The first-order chi connectivity index (χ1) is 10.3. The van der Waals surface area contributed by atoms with E-state index in [1.165, 1.54) is 11.3 Å². The number of rotatable bonds is 3. The summed E-state index contributed by atoms with van der Waals surface area (Å²) in [6.07, 6.45) is 1.66. The fourth-order valence-corrected chi connectivity index (χ4v) is 4.31. The van der Waals surface area contributed by atoms with Crippen LogP contribution in [0.3, 0.4) is 0 Å². The summed E-state index contributed by atoms with van der Waals surface area (Å²) < 4.78 is 4.01. The molecule has 0 saturated carbocycles. The molecule has 21 heavy (non-hydrogen) atoms. The number of hydrogen-bond donors (Lipinski definition) is 0. The highest BCUT2D eigenvalue weighted by atomic mass is 32.1. The maximum absolute atomic E-state index is 12.7. The Morgan fingerprint density at radius 3 is 2.71 bits per heavy atom. The van der Waals surface area contributed by atoms with Crippen molar-refractivity contribution in [2.45, 2.75) is 0 Å². The van der Waals surface area contributed by atoms with Crippen molar-refractivity contribution in [3.63, 3.8) is 0 Å². The van der Waals surface area contributed by atoms with Gasteiger partial charge >= 0.3 is 0 Å². The van der Waals surface area contributed by atoms with E-state index in [4.69, 9.17) is 0 Å². The van der Waals surface area contributed by atoms with Gasteiger partial charge in [-0.3, -0.25) is 4.79 Å². The lowest BCUT2D eigenvalue weighted by Crippen LogP contribution is -2.08. The quantitative estimate of drug-likeness (QED) is 0.526. The fourth-order valence-electron chi connectivity index (χ4n) is 2.25. The van der Waals surface area contributed by atoms with Crippen molar-refractivity contribution in [3.8, 4) is 5.69 Å². The maximum atomic E-state index is 12.7. The molecule has 0 unspecified atom stereocenters. The lowest BCUT2D eigenvalue weighted by Gasteiger charge is -2.05. The Morgan fingerprint density at radius 1 is 1.05 bits per heavy atom. The van der Waals surface area contributed by atoms with Gasteiger partial charge in [0.15, 0.2) is 0 Å². The number of benzene rings is 1. The summed E-state index contributed by atoms with van der Waals surface area (Å²) in [5.41, 5.74) is 1.49. The predicted molar refractivity (Wildman–Crippen MR) is 86.7 cm³/mol. The van der Waals surface area contributed by atoms with Crippen molar-refractivity contribution in [1.82, 2.24) is 9.78 Å². The third-order valence-electron chi connectivity index (χ3n) is 3.24. The first-order valence-electron chi connectivity index (χ1n) is 6.44. The van der Waals surface area contributed by atoms with Gasteiger partial charge in [-0.25, -0.2) is 4.68 Å². The molecular weight excluding hydrogens is 300 g/mol. The molecule has 0 bridgehead atoms. The number of ketones is 1. The van der Waals surface area contributed by atoms with Crippen molar-refractivity contribution in [2.75, 3.05) is 0 Å². The van der Waals surface area contributed by atoms with Crippen molar-refractivity contribution < 1.29 is 4.79 Å². The molecular formula is C16H10N2OS2. The van der Waals surface area contributed by atoms with Gasteiger partial charge in [0.25, 0.3) is 0 Å². The number of nitrogens with zero attached hydrogens (tertiary/aromatic N) is 2. The topological polar surface area (TPSA) is 34.9 Å². The predicted octanol–water partition coefficient (Wildman–Crippen LogP) is 4.38. The molecule has 5 heteroatoms. The Bertz CT molecular complexity index is 889. The van der Waals surface area contributed by atoms with Crippen LogP contribution >= 0.6 is 22.7 Å². The van der Waals surface area contributed by atoms with Crippen LogP contribution in [0.25, 0.3) is 15.1 Å². The SMILES string of the molecule is O=C(c1cc2sccc2s1)c1ccnn1-c1ccccc1. The Labute approximate surface area is 129 Å². The van der Waals surface area contributed by atoms with Gasteiger partial charge in [-0.15, -0.1) is 22.7 Å². The fraction of sp³-hybridized carbons (Fsp3) is 0. The minimum Gasteiger partial charge on any atom is -0.286 e. The number of hydrogen-bond acceptors (Lipinski definition) is 4. The molecule has 1 aromatic carbocycles. The smallest absolute Gasteiger partial charge is 0.221 e. The lowest BCUT2D eigenvalue weighted by atomic mass is 10.2. The zero-order chi connectivity index (χ0) is 14.2. The van der Waals surface area contributed by atoms with Gasteiger partial charge in [0.05, 0.1) is 16.8 Å². The Hall–Kier alpha value is -2.24. The largest absolute Gasteiger partial charge is 0.286 e. The summed E-state index contributed by atoms with van der Waals surface area (Å²) in [4.78, 5) is 13.5. The van der Waals surface area contributed by atoms with Gasteiger partial charge in [-0.05, 0) is 35.7 Å². The maximum Gasteiger partial charge on any atom is 0.221 e. The normalized spacial score (nSPS) is 11.0. The van der Waals surface area contributed by atoms with Crippen LogP contribution in [-0.4, -0.2) is 15.6 Å². The Morgan fingerprint density at radius 2 is 1.90 bits per heavy atom. The third kappa shape index (κ3) is 2.11. The van der Waals surface area contributed by atoms with Crippen molar-refractivity contribution in [1.29, 1.82) is 0 Å². The van der Waals surface area contributed by atoms with Crippen LogP contribution in [0.2, 0.25) is 0 Å². The molecule has 0 amide bonds. The molecule has 0 aliphatic rings. The summed E-state index contributed by atoms with van der Waals surface area (Å²) in [6, 6.07) is 15.5. The molecule has 3 nitrogen and oxygen atoms in total. The summed E-state index contributed by atoms with van der Waals surface area (Å²) in [5, 5.41) is 6.32. The van der Waals surface area contributed by atoms with E-state index >= 15 is 0 Å². The molecule has 0 atom stereocenters. The molecule has 0 radical (unpaired) electrons. The second kappa shape index (κ2) is 4.95. The van der Waals surface area contributed by atoms with E-state index in [1.807, 2.05) is 41.8 Å². The first kappa shape index (κ1) is 12.5. The zero-order valence-corrected chi connectivity index (χ0v) is 12.5. The minimum atomic E-state index is 0.0183. The van der Waals surface area contributed by atoms with Crippen molar-refractivity contribution in [3.05, 3.63) is 70.7 Å². The molecule has 0 aliphatic carbocycles. The van der Waals surface area contributed by atoms with Gasteiger partial charge in [0.1, 0.15) is 5.69 Å². The lowest BCUT2D eigenvalue weighted by molar-refractivity contribution is 0.103. The van der Waals surface area contributed by atoms with E-state index in [-0.39, 0.29) is 5.78 Å². The number of carbonyl (C=O) groups excluding carboxylic acids is 1. The molecule has 4 aromatic rings. The van der Waals surface area contributed by atoms with E-state index in [2.05, 4.69) is 11.2 Å².